The van der Waals surface area contributed by atoms with Crippen molar-refractivity contribution in [2.75, 3.05) is 0 Å². The lowest BCUT2D eigenvalue weighted by Crippen LogP contribution is -2.31. The Morgan fingerprint density at radius 1 is 1.39 bits per heavy atom. The van der Waals surface area contributed by atoms with Crippen LogP contribution in [0, 0.1) is 12.8 Å². The number of halogens is 4. The van der Waals surface area contributed by atoms with Gasteiger partial charge in [0.1, 0.15) is 0 Å². The van der Waals surface area contributed by atoms with Crippen LogP contribution < -0.4 is 0 Å². The number of carboxylic acid groups (broad SMARTS) is 1. The summed E-state index contributed by atoms with van der Waals surface area (Å²) >= 11 is 5.76. The maximum atomic E-state index is 12.6. The lowest BCUT2D eigenvalue weighted by Gasteiger charge is -2.23. The average molecular weight is 281 g/mol. The molecule has 18 heavy (non-hydrogen) atoms. The van der Waals surface area contributed by atoms with Crippen LogP contribution in [0.4, 0.5) is 13.2 Å². The van der Waals surface area contributed by atoms with Gasteiger partial charge in [0.25, 0.3) is 0 Å². The minimum atomic E-state index is -4.56. The standard InChI is InChI=1S/C12H12ClF3O2/c1-6-5-8(3-4-9(6)13)10(11(17)18)7(2)12(14,15)16/h3-5,7,10H,1-2H3,(H,17,18)/t7-,10+/m1/s1. The first-order valence-electron chi connectivity index (χ1n) is 5.20. The first kappa shape index (κ1) is 14.8. The largest absolute Gasteiger partial charge is 0.481 e. The van der Waals surface area contributed by atoms with Crippen LogP contribution in [0.2, 0.25) is 5.02 Å². The number of alkyl halides is 3. The van der Waals surface area contributed by atoms with E-state index in [1.54, 1.807) is 6.92 Å². The lowest BCUT2D eigenvalue weighted by molar-refractivity contribution is -0.183. The van der Waals surface area contributed by atoms with Gasteiger partial charge in [0.15, 0.2) is 0 Å². The van der Waals surface area contributed by atoms with E-state index in [0.717, 1.165) is 6.92 Å². The van der Waals surface area contributed by atoms with Gasteiger partial charge in [-0.25, -0.2) is 0 Å². The van der Waals surface area contributed by atoms with Crippen molar-refractivity contribution >= 4 is 17.6 Å². The zero-order valence-electron chi connectivity index (χ0n) is 9.75. The number of rotatable bonds is 3. The molecule has 100 valence electrons. The third-order valence-corrected chi connectivity index (χ3v) is 3.25. The molecule has 0 bridgehead atoms. The topological polar surface area (TPSA) is 37.3 Å². The van der Waals surface area contributed by atoms with Crippen LogP contribution in [0.25, 0.3) is 0 Å². The summed E-state index contributed by atoms with van der Waals surface area (Å²) in [5.74, 6) is -5.09. The quantitative estimate of drug-likeness (QED) is 0.908. The van der Waals surface area contributed by atoms with E-state index in [1.165, 1.54) is 18.2 Å². The van der Waals surface area contributed by atoms with E-state index in [9.17, 15) is 18.0 Å². The van der Waals surface area contributed by atoms with Gasteiger partial charge in [-0.15, -0.1) is 0 Å². The van der Waals surface area contributed by atoms with Gasteiger partial charge in [-0.2, -0.15) is 13.2 Å². The van der Waals surface area contributed by atoms with Gasteiger partial charge in [0.2, 0.25) is 0 Å². The van der Waals surface area contributed by atoms with Gasteiger partial charge >= 0.3 is 12.1 Å². The molecule has 1 N–H and O–H groups in total. The molecule has 1 aromatic carbocycles. The van der Waals surface area contributed by atoms with Crippen molar-refractivity contribution in [1.29, 1.82) is 0 Å². The monoisotopic (exact) mass is 280 g/mol. The molecule has 0 saturated heterocycles. The zero-order valence-corrected chi connectivity index (χ0v) is 10.5. The second-order valence-corrected chi connectivity index (χ2v) is 4.56. The fourth-order valence-electron chi connectivity index (χ4n) is 1.70. The normalized spacial score (nSPS) is 15.2. The molecule has 0 aliphatic carbocycles. The van der Waals surface area contributed by atoms with Gasteiger partial charge in [-0.05, 0) is 24.1 Å². The van der Waals surface area contributed by atoms with E-state index < -0.39 is 24.0 Å². The Balaban J connectivity index is 3.21. The number of hydrogen-bond donors (Lipinski definition) is 1. The van der Waals surface area contributed by atoms with E-state index in [2.05, 4.69) is 0 Å². The van der Waals surface area contributed by atoms with Crippen molar-refractivity contribution < 1.29 is 23.1 Å². The minimum Gasteiger partial charge on any atom is -0.481 e. The molecule has 1 rings (SSSR count). The lowest BCUT2D eigenvalue weighted by atomic mass is 9.86. The summed E-state index contributed by atoms with van der Waals surface area (Å²) < 4.78 is 37.9. The molecule has 2 nitrogen and oxygen atoms in total. The van der Waals surface area contributed by atoms with Crippen molar-refractivity contribution in [3.63, 3.8) is 0 Å². The van der Waals surface area contributed by atoms with Gasteiger partial charge in [-0.1, -0.05) is 30.7 Å². The highest BCUT2D eigenvalue weighted by Gasteiger charge is 2.45. The molecular formula is C12H12ClF3O2. The average Bonchev–Trinajstić information content (AvgIpc) is 2.21. The van der Waals surface area contributed by atoms with Crippen molar-refractivity contribution in [1.82, 2.24) is 0 Å². The molecule has 1 aromatic rings. The second-order valence-electron chi connectivity index (χ2n) is 4.15. The van der Waals surface area contributed by atoms with Gasteiger partial charge < -0.3 is 5.11 Å². The maximum absolute atomic E-state index is 12.6. The molecule has 0 saturated carbocycles. The first-order valence-corrected chi connectivity index (χ1v) is 5.58. The van der Waals surface area contributed by atoms with Crippen molar-refractivity contribution in [2.45, 2.75) is 25.9 Å². The molecule has 0 spiro atoms. The predicted octanol–water partition coefficient (Wildman–Crippen LogP) is 4.02. The van der Waals surface area contributed by atoms with Gasteiger partial charge in [0.05, 0.1) is 11.8 Å². The number of benzene rings is 1. The smallest absolute Gasteiger partial charge is 0.392 e. The number of hydrogen-bond acceptors (Lipinski definition) is 1. The fraction of sp³-hybridized carbons (Fsp3) is 0.417. The Bertz CT molecular complexity index is 457. The third-order valence-electron chi connectivity index (χ3n) is 2.82. The number of carboxylic acids is 1. The highest BCUT2D eigenvalue weighted by molar-refractivity contribution is 6.31. The van der Waals surface area contributed by atoms with Crippen LogP contribution in [0.3, 0.4) is 0 Å². The molecular weight excluding hydrogens is 269 g/mol. The summed E-state index contributed by atoms with van der Waals surface area (Å²) in [5, 5.41) is 9.38. The van der Waals surface area contributed by atoms with E-state index in [1.807, 2.05) is 0 Å². The number of carbonyl (C=O) groups is 1. The zero-order chi connectivity index (χ0) is 14.1. The minimum absolute atomic E-state index is 0.106. The van der Waals surface area contributed by atoms with E-state index >= 15 is 0 Å². The highest BCUT2D eigenvalue weighted by atomic mass is 35.5. The molecule has 6 heteroatoms. The van der Waals surface area contributed by atoms with Crippen molar-refractivity contribution in [2.24, 2.45) is 5.92 Å². The SMILES string of the molecule is Cc1cc([C@@H](C(=O)O)[C@@H](C)C(F)(F)F)ccc1Cl. The Morgan fingerprint density at radius 2 is 1.94 bits per heavy atom. The molecule has 0 heterocycles. The van der Waals surface area contributed by atoms with Crippen LogP contribution in [0.1, 0.15) is 24.0 Å². The molecule has 0 fully saturated rings. The Labute approximate surface area is 107 Å². The molecule has 0 aliphatic heterocycles. The number of aliphatic carboxylic acids is 1. The molecule has 0 amide bonds. The summed E-state index contributed by atoms with van der Waals surface area (Å²) in [6.07, 6.45) is -4.56. The first-order chi connectivity index (χ1) is 8.14. The maximum Gasteiger partial charge on any atom is 0.392 e. The van der Waals surface area contributed by atoms with E-state index in [-0.39, 0.29) is 5.56 Å². The van der Waals surface area contributed by atoms with Gasteiger partial charge in [0, 0.05) is 5.02 Å². The predicted molar refractivity (Wildman–Crippen MR) is 61.8 cm³/mol. The fourth-order valence-corrected chi connectivity index (χ4v) is 1.81. The summed E-state index contributed by atoms with van der Waals surface area (Å²) in [5.41, 5.74) is 0.656. The molecule has 0 unspecified atom stereocenters. The Kier molecular flexibility index (Phi) is 4.27. The second kappa shape index (κ2) is 5.18. The highest BCUT2D eigenvalue weighted by Crippen LogP contribution is 2.38. The van der Waals surface area contributed by atoms with Crippen molar-refractivity contribution in [3.8, 4) is 0 Å². The third kappa shape index (κ3) is 3.16. The van der Waals surface area contributed by atoms with Crippen LogP contribution in [0.5, 0.6) is 0 Å². The number of aryl methyl sites for hydroxylation is 1. The molecule has 2 atom stereocenters. The van der Waals surface area contributed by atoms with E-state index in [4.69, 9.17) is 16.7 Å². The van der Waals surface area contributed by atoms with E-state index in [0.29, 0.717) is 10.6 Å². The van der Waals surface area contributed by atoms with Crippen LogP contribution in [-0.2, 0) is 4.79 Å². The van der Waals surface area contributed by atoms with Crippen LogP contribution in [-0.4, -0.2) is 17.3 Å². The van der Waals surface area contributed by atoms with Gasteiger partial charge in [-0.3, -0.25) is 4.79 Å². The summed E-state index contributed by atoms with van der Waals surface area (Å²) in [7, 11) is 0. The van der Waals surface area contributed by atoms with Crippen LogP contribution in [0.15, 0.2) is 18.2 Å². The molecule has 0 aromatic heterocycles. The summed E-state index contributed by atoms with van der Waals surface area (Å²) in [4.78, 5) is 11.1. The summed E-state index contributed by atoms with van der Waals surface area (Å²) in [6, 6.07) is 4.10. The molecule has 0 aliphatic rings. The Morgan fingerprint density at radius 3 is 2.33 bits per heavy atom. The Hall–Kier alpha value is -1.23. The van der Waals surface area contributed by atoms with Crippen molar-refractivity contribution in [3.05, 3.63) is 34.3 Å². The van der Waals surface area contributed by atoms with Crippen LogP contribution >= 0.6 is 11.6 Å². The summed E-state index contributed by atoms with van der Waals surface area (Å²) in [6.45, 7) is 2.48. The molecule has 0 radical (unpaired) electrons.